The Kier molecular flexibility index (Phi) is 5.44. The molecule has 2 rings (SSSR count). The summed E-state index contributed by atoms with van der Waals surface area (Å²) in [6.45, 7) is 9.53. The number of nitrogens with one attached hydrogen (secondary N) is 1. The highest BCUT2D eigenvalue weighted by molar-refractivity contribution is 6.31. The van der Waals surface area contributed by atoms with E-state index in [4.69, 9.17) is 11.6 Å². The SMILES string of the molecule is CCCNC(c1ccc(C)c(Cl)c1)c1cc(C)ccc1C. The Morgan fingerprint density at radius 1 is 1.00 bits per heavy atom. The lowest BCUT2D eigenvalue weighted by atomic mass is 9.93. The van der Waals surface area contributed by atoms with Crippen molar-refractivity contribution < 1.29 is 0 Å². The van der Waals surface area contributed by atoms with Crippen LogP contribution in [0.3, 0.4) is 0 Å². The van der Waals surface area contributed by atoms with Gasteiger partial charge < -0.3 is 5.32 Å². The first-order valence-electron chi connectivity index (χ1n) is 7.59. The molecule has 0 saturated carbocycles. The van der Waals surface area contributed by atoms with Gasteiger partial charge in [0.15, 0.2) is 0 Å². The van der Waals surface area contributed by atoms with Gasteiger partial charge >= 0.3 is 0 Å². The van der Waals surface area contributed by atoms with Gasteiger partial charge in [-0.3, -0.25) is 0 Å². The second kappa shape index (κ2) is 7.11. The van der Waals surface area contributed by atoms with Crippen molar-refractivity contribution in [3.05, 3.63) is 69.2 Å². The molecule has 2 heteroatoms. The van der Waals surface area contributed by atoms with Gasteiger partial charge in [0.2, 0.25) is 0 Å². The molecule has 1 nitrogen and oxygen atoms in total. The average Bonchev–Trinajstić information content (AvgIpc) is 2.46. The fourth-order valence-corrected chi connectivity index (χ4v) is 2.74. The Morgan fingerprint density at radius 2 is 1.71 bits per heavy atom. The molecule has 0 aliphatic carbocycles. The second-order valence-electron chi connectivity index (χ2n) is 5.76. The van der Waals surface area contributed by atoms with Gasteiger partial charge in [-0.1, -0.05) is 54.4 Å². The lowest BCUT2D eigenvalue weighted by molar-refractivity contribution is 0.596. The minimum atomic E-state index is 0.197. The lowest BCUT2D eigenvalue weighted by Crippen LogP contribution is -2.24. The standard InChI is InChI=1S/C19H24ClN/c1-5-10-21-19(16-9-8-15(4)18(20)12-16)17-11-13(2)6-7-14(17)3/h6-9,11-12,19,21H,5,10H2,1-4H3. The van der Waals surface area contributed by atoms with Crippen LogP contribution in [-0.4, -0.2) is 6.54 Å². The van der Waals surface area contributed by atoms with Crippen molar-refractivity contribution in [1.29, 1.82) is 0 Å². The Hall–Kier alpha value is -1.31. The van der Waals surface area contributed by atoms with Crippen molar-refractivity contribution in [2.24, 2.45) is 0 Å². The van der Waals surface area contributed by atoms with Crippen LogP contribution in [0.15, 0.2) is 36.4 Å². The summed E-state index contributed by atoms with van der Waals surface area (Å²) in [5, 5.41) is 4.49. The third-order valence-corrected chi connectivity index (χ3v) is 4.28. The van der Waals surface area contributed by atoms with Gasteiger partial charge in [0.05, 0.1) is 6.04 Å². The van der Waals surface area contributed by atoms with E-state index in [0.717, 1.165) is 23.6 Å². The van der Waals surface area contributed by atoms with Gasteiger partial charge in [-0.05, 0) is 62.1 Å². The molecule has 0 saturated heterocycles. The lowest BCUT2D eigenvalue weighted by Gasteiger charge is -2.22. The van der Waals surface area contributed by atoms with E-state index in [2.05, 4.69) is 62.5 Å². The van der Waals surface area contributed by atoms with Gasteiger partial charge in [-0.25, -0.2) is 0 Å². The fourth-order valence-electron chi connectivity index (χ4n) is 2.56. The molecule has 0 aliphatic heterocycles. The number of benzene rings is 2. The van der Waals surface area contributed by atoms with E-state index >= 15 is 0 Å². The van der Waals surface area contributed by atoms with Crippen LogP contribution < -0.4 is 5.32 Å². The molecule has 0 spiro atoms. The number of halogens is 1. The summed E-state index contributed by atoms with van der Waals surface area (Å²) in [6.07, 6.45) is 1.11. The highest BCUT2D eigenvalue weighted by atomic mass is 35.5. The van der Waals surface area contributed by atoms with Crippen molar-refractivity contribution in [3.8, 4) is 0 Å². The van der Waals surface area contributed by atoms with E-state index in [1.807, 2.05) is 6.92 Å². The van der Waals surface area contributed by atoms with Crippen LogP contribution in [0, 0.1) is 20.8 Å². The minimum Gasteiger partial charge on any atom is -0.306 e. The van der Waals surface area contributed by atoms with E-state index in [9.17, 15) is 0 Å². The summed E-state index contributed by atoms with van der Waals surface area (Å²) in [4.78, 5) is 0. The van der Waals surface area contributed by atoms with Gasteiger partial charge in [0.25, 0.3) is 0 Å². The van der Waals surface area contributed by atoms with E-state index in [-0.39, 0.29) is 6.04 Å². The largest absolute Gasteiger partial charge is 0.306 e. The summed E-state index contributed by atoms with van der Waals surface area (Å²) in [5.41, 5.74) is 6.29. The quantitative estimate of drug-likeness (QED) is 0.784. The Labute approximate surface area is 133 Å². The molecule has 2 aromatic carbocycles. The average molecular weight is 302 g/mol. The number of hydrogen-bond donors (Lipinski definition) is 1. The van der Waals surface area contributed by atoms with E-state index in [1.165, 1.54) is 22.3 Å². The maximum Gasteiger partial charge on any atom is 0.0579 e. The minimum absolute atomic E-state index is 0.197. The van der Waals surface area contributed by atoms with E-state index in [1.54, 1.807) is 0 Å². The predicted molar refractivity (Wildman–Crippen MR) is 92.2 cm³/mol. The second-order valence-corrected chi connectivity index (χ2v) is 6.16. The van der Waals surface area contributed by atoms with Crippen LogP contribution in [0.5, 0.6) is 0 Å². The van der Waals surface area contributed by atoms with Crippen LogP contribution in [0.25, 0.3) is 0 Å². The topological polar surface area (TPSA) is 12.0 Å². The zero-order chi connectivity index (χ0) is 15.4. The molecule has 112 valence electrons. The normalized spacial score (nSPS) is 12.4. The zero-order valence-electron chi connectivity index (χ0n) is 13.3. The van der Waals surface area contributed by atoms with Crippen molar-refractivity contribution in [2.45, 2.75) is 40.2 Å². The first-order chi connectivity index (χ1) is 10.0. The molecule has 0 aliphatic rings. The maximum absolute atomic E-state index is 6.32. The fraction of sp³-hybridized carbons (Fsp3) is 0.368. The van der Waals surface area contributed by atoms with Crippen LogP contribution in [-0.2, 0) is 0 Å². The molecule has 1 N–H and O–H groups in total. The van der Waals surface area contributed by atoms with Crippen LogP contribution in [0.4, 0.5) is 0 Å². The van der Waals surface area contributed by atoms with Gasteiger partial charge in [-0.2, -0.15) is 0 Å². The monoisotopic (exact) mass is 301 g/mol. The highest BCUT2D eigenvalue weighted by Crippen LogP contribution is 2.29. The molecule has 2 aromatic rings. The molecule has 1 atom stereocenters. The van der Waals surface area contributed by atoms with Crippen LogP contribution in [0.1, 0.15) is 47.2 Å². The Morgan fingerprint density at radius 3 is 2.38 bits per heavy atom. The van der Waals surface area contributed by atoms with Crippen LogP contribution in [0.2, 0.25) is 5.02 Å². The number of aryl methyl sites for hydroxylation is 3. The molecule has 21 heavy (non-hydrogen) atoms. The molecule has 0 heterocycles. The third kappa shape index (κ3) is 3.87. The van der Waals surface area contributed by atoms with Crippen molar-refractivity contribution in [2.75, 3.05) is 6.54 Å². The first kappa shape index (κ1) is 16.1. The van der Waals surface area contributed by atoms with Crippen molar-refractivity contribution in [3.63, 3.8) is 0 Å². The number of rotatable bonds is 5. The molecule has 0 aromatic heterocycles. The summed E-state index contributed by atoms with van der Waals surface area (Å²) >= 11 is 6.32. The van der Waals surface area contributed by atoms with E-state index < -0.39 is 0 Å². The van der Waals surface area contributed by atoms with Crippen molar-refractivity contribution >= 4 is 11.6 Å². The predicted octanol–water partition coefficient (Wildman–Crippen LogP) is 5.35. The van der Waals surface area contributed by atoms with Gasteiger partial charge in [-0.15, -0.1) is 0 Å². The van der Waals surface area contributed by atoms with Crippen molar-refractivity contribution in [1.82, 2.24) is 5.32 Å². The first-order valence-corrected chi connectivity index (χ1v) is 7.97. The van der Waals surface area contributed by atoms with Crippen LogP contribution >= 0.6 is 11.6 Å². The van der Waals surface area contributed by atoms with Gasteiger partial charge in [0, 0.05) is 5.02 Å². The molecular formula is C19H24ClN. The Balaban J connectivity index is 2.46. The molecule has 1 unspecified atom stereocenters. The summed E-state index contributed by atoms with van der Waals surface area (Å²) in [6, 6.07) is 13.2. The zero-order valence-corrected chi connectivity index (χ0v) is 14.1. The maximum atomic E-state index is 6.32. The Bertz CT molecular complexity index is 619. The molecule has 0 bridgehead atoms. The number of hydrogen-bond acceptors (Lipinski definition) is 1. The molecule has 0 amide bonds. The third-order valence-electron chi connectivity index (χ3n) is 3.87. The summed E-state index contributed by atoms with van der Waals surface area (Å²) < 4.78 is 0. The summed E-state index contributed by atoms with van der Waals surface area (Å²) in [7, 11) is 0. The molecule has 0 fully saturated rings. The van der Waals surface area contributed by atoms with Gasteiger partial charge in [0.1, 0.15) is 0 Å². The molecule has 0 radical (unpaired) electrons. The summed E-state index contributed by atoms with van der Waals surface area (Å²) in [5.74, 6) is 0. The molecular weight excluding hydrogens is 278 g/mol. The smallest absolute Gasteiger partial charge is 0.0579 e. The van der Waals surface area contributed by atoms with E-state index in [0.29, 0.717) is 0 Å². The highest BCUT2D eigenvalue weighted by Gasteiger charge is 2.16.